The molecular weight excluding hydrogens is 248 g/mol. The van der Waals surface area contributed by atoms with Crippen LogP contribution in [0.1, 0.15) is 39.2 Å². The highest BCUT2D eigenvalue weighted by atomic mass is 16.5. The van der Waals surface area contributed by atoms with Gasteiger partial charge in [-0.25, -0.2) is 0 Å². The van der Waals surface area contributed by atoms with Gasteiger partial charge in [0.1, 0.15) is 0 Å². The van der Waals surface area contributed by atoms with Gasteiger partial charge in [0.2, 0.25) is 0 Å². The van der Waals surface area contributed by atoms with Gasteiger partial charge in [0, 0.05) is 6.42 Å². The summed E-state index contributed by atoms with van der Waals surface area (Å²) >= 11 is 0. The average molecular weight is 272 g/mol. The summed E-state index contributed by atoms with van der Waals surface area (Å²) in [7, 11) is 0. The third-order valence-electron chi connectivity index (χ3n) is 3.22. The van der Waals surface area contributed by atoms with Crippen LogP contribution < -0.4 is 0 Å². The van der Waals surface area contributed by atoms with Crippen LogP contribution in [-0.2, 0) is 16.0 Å². The van der Waals surface area contributed by atoms with Gasteiger partial charge < -0.3 is 4.74 Å². The number of rotatable bonds is 7. The molecule has 0 heterocycles. The molecule has 0 fully saturated rings. The first-order valence-electron chi connectivity index (χ1n) is 7.08. The van der Waals surface area contributed by atoms with Gasteiger partial charge in [0.25, 0.3) is 0 Å². The average Bonchev–Trinajstić information content (AvgIpc) is 2.45. The van der Waals surface area contributed by atoms with E-state index in [0.29, 0.717) is 13.0 Å². The summed E-state index contributed by atoms with van der Waals surface area (Å²) < 4.78 is 5.26. The molecule has 0 saturated carbocycles. The Morgan fingerprint density at radius 2 is 1.85 bits per heavy atom. The predicted molar refractivity (Wildman–Crippen MR) is 83.5 cm³/mol. The van der Waals surface area contributed by atoms with Crippen molar-refractivity contribution in [1.82, 2.24) is 0 Å². The number of hydrogen-bond acceptors (Lipinski definition) is 2. The Hall–Kier alpha value is -1.83. The zero-order valence-corrected chi connectivity index (χ0v) is 12.7. The van der Waals surface area contributed by atoms with E-state index in [0.717, 1.165) is 18.4 Å². The highest BCUT2D eigenvalue weighted by molar-refractivity contribution is 5.72. The van der Waals surface area contributed by atoms with E-state index in [-0.39, 0.29) is 5.97 Å². The first-order chi connectivity index (χ1) is 9.61. The molecule has 1 rings (SSSR count). The minimum atomic E-state index is -0.159. The first kappa shape index (κ1) is 16.2. The Labute approximate surface area is 122 Å². The van der Waals surface area contributed by atoms with Crippen molar-refractivity contribution < 1.29 is 9.53 Å². The molecule has 2 nitrogen and oxygen atoms in total. The fourth-order valence-electron chi connectivity index (χ4n) is 1.69. The smallest absolute Gasteiger partial charge is 0.310 e. The first-order valence-corrected chi connectivity index (χ1v) is 7.08. The minimum absolute atomic E-state index is 0.159. The molecule has 0 aliphatic rings. The Morgan fingerprint density at radius 1 is 1.15 bits per heavy atom. The van der Waals surface area contributed by atoms with Gasteiger partial charge in [-0.2, -0.15) is 0 Å². The largest absolute Gasteiger partial charge is 0.465 e. The van der Waals surface area contributed by atoms with E-state index >= 15 is 0 Å². The second kappa shape index (κ2) is 9.13. The molecule has 1 aromatic rings. The lowest BCUT2D eigenvalue weighted by Gasteiger charge is -2.05. The lowest BCUT2D eigenvalue weighted by Crippen LogP contribution is -2.09. The fourth-order valence-corrected chi connectivity index (χ4v) is 1.69. The van der Waals surface area contributed by atoms with Crippen molar-refractivity contribution in [3.8, 4) is 0 Å². The highest BCUT2D eigenvalue weighted by Crippen LogP contribution is 2.08. The molecule has 0 bridgehead atoms. The molecule has 0 aromatic heterocycles. The molecule has 108 valence electrons. The number of carbonyl (C=O) groups excluding carboxylic acids is 1. The van der Waals surface area contributed by atoms with Crippen LogP contribution in [0, 0.1) is 0 Å². The van der Waals surface area contributed by atoms with Crippen molar-refractivity contribution in [2.24, 2.45) is 0 Å². The van der Waals surface area contributed by atoms with Crippen LogP contribution >= 0.6 is 0 Å². The standard InChI is InChI=1S/C18H24O2/c1-4-15(2)10-11-16(3)12-13-20-18(19)14-17-8-6-5-7-9-17/h4-9,11H,10,12-14H2,1-3H3/b15-4+,16-11+. The third-order valence-corrected chi connectivity index (χ3v) is 3.22. The van der Waals surface area contributed by atoms with Gasteiger partial charge >= 0.3 is 5.97 Å². The quantitative estimate of drug-likeness (QED) is 0.541. The molecule has 0 atom stereocenters. The monoisotopic (exact) mass is 272 g/mol. The van der Waals surface area contributed by atoms with Crippen LogP contribution in [0.4, 0.5) is 0 Å². The Kier molecular flexibility index (Phi) is 7.41. The summed E-state index contributed by atoms with van der Waals surface area (Å²) in [4.78, 5) is 11.7. The normalized spacial score (nSPS) is 12.3. The van der Waals surface area contributed by atoms with Crippen molar-refractivity contribution in [3.05, 3.63) is 59.2 Å². The van der Waals surface area contributed by atoms with E-state index in [1.807, 2.05) is 37.3 Å². The summed E-state index contributed by atoms with van der Waals surface area (Å²) in [5, 5.41) is 0. The molecule has 0 aliphatic carbocycles. The molecule has 0 radical (unpaired) electrons. The number of esters is 1. The molecule has 0 unspecified atom stereocenters. The molecule has 0 amide bonds. The molecule has 2 heteroatoms. The number of ether oxygens (including phenoxy) is 1. The number of allylic oxidation sites excluding steroid dienone is 3. The summed E-state index contributed by atoms with van der Waals surface area (Å²) in [6, 6.07) is 9.67. The maximum absolute atomic E-state index is 11.7. The SMILES string of the molecule is C/C=C(\C)C/C=C(\C)CCOC(=O)Cc1ccccc1. The molecule has 0 saturated heterocycles. The lowest BCUT2D eigenvalue weighted by atomic mass is 10.1. The van der Waals surface area contributed by atoms with E-state index in [4.69, 9.17) is 4.74 Å². The van der Waals surface area contributed by atoms with Crippen LogP contribution in [-0.4, -0.2) is 12.6 Å². The minimum Gasteiger partial charge on any atom is -0.465 e. The van der Waals surface area contributed by atoms with Crippen LogP contribution in [0.25, 0.3) is 0 Å². The fraction of sp³-hybridized carbons (Fsp3) is 0.389. The van der Waals surface area contributed by atoms with Crippen molar-refractivity contribution in [3.63, 3.8) is 0 Å². The van der Waals surface area contributed by atoms with Crippen LogP contribution in [0.5, 0.6) is 0 Å². The molecule has 0 spiro atoms. The Morgan fingerprint density at radius 3 is 2.50 bits per heavy atom. The lowest BCUT2D eigenvalue weighted by molar-refractivity contribution is -0.142. The summed E-state index contributed by atoms with van der Waals surface area (Å²) in [5.74, 6) is -0.159. The Balaban J connectivity index is 2.25. The highest BCUT2D eigenvalue weighted by Gasteiger charge is 2.04. The summed E-state index contributed by atoms with van der Waals surface area (Å²) in [6.45, 7) is 6.70. The molecule has 0 N–H and O–H groups in total. The predicted octanol–water partition coefficient (Wildman–Crippen LogP) is 4.47. The van der Waals surface area contributed by atoms with Crippen LogP contribution in [0.2, 0.25) is 0 Å². The van der Waals surface area contributed by atoms with Gasteiger partial charge in [-0.1, -0.05) is 53.6 Å². The second-order valence-corrected chi connectivity index (χ2v) is 5.02. The van der Waals surface area contributed by atoms with Gasteiger partial charge in [-0.3, -0.25) is 4.79 Å². The number of hydrogen-bond donors (Lipinski definition) is 0. The zero-order chi connectivity index (χ0) is 14.8. The number of carbonyl (C=O) groups is 1. The van der Waals surface area contributed by atoms with Crippen LogP contribution in [0.3, 0.4) is 0 Å². The molecule has 20 heavy (non-hydrogen) atoms. The van der Waals surface area contributed by atoms with Crippen molar-refractivity contribution in [2.45, 2.75) is 40.0 Å². The molecular formula is C18H24O2. The topological polar surface area (TPSA) is 26.3 Å². The summed E-state index contributed by atoms with van der Waals surface area (Å²) in [6.07, 6.45) is 6.43. The van der Waals surface area contributed by atoms with Gasteiger partial charge in [0.05, 0.1) is 13.0 Å². The molecule has 0 aliphatic heterocycles. The van der Waals surface area contributed by atoms with Crippen molar-refractivity contribution in [2.75, 3.05) is 6.61 Å². The van der Waals surface area contributed by atoms with Gasteiger partial charge in [-0.15, -0.1) is 0 Å². The second-order valence-electron chi connectivity index (χ2n) is 5.02. The Bertz CT molecular complexity index is 469. The van der Waals surface area contributed by atoms with E-state index in [1.165, 1.54) is 11.1 Å². The van der Waals surface area contributed by atoms with E-state index in [1.54, 1.807) is 0 Å². The van der Waals surface area contributed by atoms with E-state index < -0.39 is 0 Å². The third kappa shape index (κ3) is 6.93. The van der Waals surface area contributed by atoms with E-state index in [2.05, 4.69) is 26.0 Å². The maximum Gasteiger partial charge on any atom is 0.310 e. The maximum atomic E-state index is 11.7. The number of benzene rings is 1. The van der Waals surface area contributed by atoms with Crippen LogP contribution in [0.15, 0.2) is 53.6 Å². The molecule has 1 aromatic carbocycles. The van der Waals surface area contributed by atoms with Gasteiger partial charge in [0.15, 0.2) is 0 Å². The van der Waals surface area contributed by atoms with Gasteiger partial charge in [-0.05, 0) is 32.8 Å². The zero-order valence-electron chi connectivity index (χ0n) is 12.7. The summed E-state index contributed by atoms with van der Waals surface area (Å²) in [5.41, 5.74) is 3.61. The van der Waals surface area contributed by atoms with Crippen molar-refractivity contribution in [1.29, 1.82) is 0 Å². The van der Waals surface area contributed by atoms with Crippen molar-refractivity contribution >= 4 is 5.97 Å². The van der Waals surface area contributed by atoms with E-state index in [9.17, 15) is 4.79 Å².